The van der Waals surface area contributed by atoms with Crippen LogP contribution in [0.4, 0.5) is 0 Å². The second kappa shape index (κ2) is 9.84. The summed E-state index contributed by atoms with van der Waals surface area (Å²) in [6, 6.07) is 0. The summed E-state index contributed by atoms with van der Waals surface area (Å²) in [5.41, 5.74) is 6.12. The minimum atomic E-state index is 0. The van der Waals surface area contributed by atoms with Crippen LogP contribution in [-0.4, -0.2) is 79.6 Å². The van der Waals surface area contributed by atoms with Gasteiger partial charge in [-0.1, -0.05) is 13.8 Å². The molecule has 0 aromatic carbocycles. The Hall–Kier alpha value is -0.0800. The Morgan fingerprint density at radius 1 is 1.14 bits per heavy atom. The third-order valence-electron chi connectivity index (χ3n) is 4.58. The molecule has 21 heavy (non-hydrogen) atoms. The summed E-state index contributed by atoms with van der Waals surface area (Å²) in [6.45, 7) is 14.5. The highest BCUT2D eigenvalue weighted by molar-refractivity contribution is 14.0. The van der Waals surface area contributed by atoms with E-state index in [4.69, 9.17) is 5.73 Å². The Morgan fingerprint density at radius 3 is 2.43 bits per heavy atom. The van der Waals surface area contributed by atoms with Gasteiger partial charge in [0.1, 0.15) is 0 Å². The molecule has 124 valence electrons. The Morgan fingerprint density at radius 2 is 1.81 bits per heavy atom. The Balaban J connectivity index is 0.00000220. The molecule has 0 saturated carbocycles. The van der Waals surface area contributed by atoms with Crippen molar-refractivity contribution in [1.29, 1.82) is 0 Å². The first-order valence-electron chi connectivity index (χ1n) is 8.18. The summed E-state index contributed by atoms with van der Waals surface area (Å²) in [7, 11) is 0. The smallest absolute Gasteiger partial charge is 0.191 e. The second-order valence-corrected chi connectivity index (χ2v) is 6.21. The van der Waals surface area contributed by atoms with Gasteiger partial charge in [0.05, 0.1) is 6.54 Å². The van der Waals surface area contributed by atoms with Crippen molar-refractivity contribution in [2.24, 2.45) is 16.6 Å². The van der Waals surface area contributed by atoms with Gasteiger partial charge >= 0.3 is 0 Å². The fraction of sp³-hybridized carbons (Fsp3) is 0.933. The zero-order valence-electron chi connectivity index (χ0n) is 13.6. The molecule has 0 aromatic heterocycles. The third kappa shape index (κ3) is 6.28. The molecule has 6 heteroatoms. The first kappa shape index (κ1) is 19.0. The van der Waals surface area contributed by atoms with E-state index in [0.717, 1.165) is 38.1 Å². The quantitative estimate of drug-likeness (QED) is 0.432. The highest BCUT2D eigenvalue weighted by atomic mass is 127. The summed E-state index contributed by atoms with van der Waals surface area (Å²) in [6.07, 6.45) is 2.57. The van der Waals surface area contributed by atoms with Crippen LogP contribution in [0.2, 0.25) is 0 Å². The molecule has 1 unspecified atom stereocenters. The van der Waals surface area contributed by atoms with Crippen molar-refractivity contribution >= 4 is 29.9 Å². The van der Waals surface area contributed by atoms with Crippen LogP contribution in [0, 0.1) is 5.92 Å². The monoisotopic (exact) mass is 409 g/mol. The number of aliphatic imine (C=N–C) groups is 1. The van der Waals surface area contributed by atoms with Crippen LogP contribution >= 0.6 is 24.0 Å². The molecule has 1 atom stereocenters. The molecule has 0 radical (unpaired) electrons. The van der Waals surface area contributed by atoms with Crippen molar-refractivity contribution in [3.63, 3.8) is 0 Å². The average Bonchev–Trinajstić information content (AvgIpc) is 2.48. The van der Waals surface area contributed by atoms with Crippen molar-refractivity contribution in [3.8, 4) is 0 Å². The molecule has 0 aromatic rings. The maximum atomic E-state index is 6.12. The van der Waals surface area contributed by atoms with Crippen LogP contribution in [0.1, 0.15) is 26.7 Å². The van der Waals surface area contributed by atoms with E-state index in [1.807, 2.05) is 0 Å². The molecule has 2 saturated heterocycles. The number of halogens is 1. The summed E-state index contributed by atoms with van der Waals surface area (Å²) >= 11 is 0. The first-order valence-corrected chi connectivity index (χ1v) is 8.18. The maximum absolute atomic E-state index is 6.12. The third-order valence-corrected chi connectivity index (χ3v) is 4.58. The summed E-state index contributed by atoms with van der Waals surface area (Å²) < 4.78 is 0. The lowest BCUT2D eigenvalue weighted by molar-refractivity contribution is 0.140. The highest BCUT2D eigenvalue weighted by Crippen LogP contribution is 2.14. The average molecular weight is 409 g/mol. The molecule has 0 aliphatic carbocycles. The van der Waals surface area contributed by atoms with Crippen molar-refractivity contribution < 1.29 is 0 Å². The van der Waals surface area contributed by atoms with Gasteiger partial charge in [0, 0.05) is 45.8 Å². The number of likely N-dealkylation sites (tertiary alicyclic amines) is 1. The number of rotatable bonds is 4. The highest BCUT2D eigenvalue weighted by Gasteiger charge is 2.18. The molecule has 2 aliphatic rings. The van der Waals surface area contributed by atoms with Gasteiger partial charge in [-0.3, -0.25) is 9.89 Å². The molecule has 0 amide bonds. The summed E-state index contributed by atoms with van der Waals surface area (Å²) in [4.78, 5) is 11.8. The lowest BCUT2D eigenvalue weighted by atomic mass is 10.0. The number of piperazine rings is 1. The van der Waals surface area contributed by atoms with E-state index in [-0.39, 0.29) is 24.0 Å². The van der Waals surface area contributed by atoms with Gasteiger partial charge in [0.2, 0.25) is 0 Å². The van der Waals surface area contributed by atoms with Gasteiger partial charge in [-0.05, 0) is 25.3 Å². The van der Waals surface area contributed by atoms with Gasteiger partial charge in [-0.25, -0.2) is 0 Å². The van der Waals surface area contributed by atoms with E-state index in [0.29, 0.717) is 0 Å². The molecular weight excluding hydrogens is 377 g/mol. The van der Waals surface area contributed by atoms with Crippen molar-refractivity contribution in [3.05, 3.63) is 0 Å². The largest absolute Gasteiger partial charge is 0.370 e. The van der Waals surface area contributed by atoms with Crippen LogP contribution in [0.3, 0.4) is 0 Å². The summed E-state index contributed by atoms with van der Waals surface area (Å²) in [5.74, 6) is 1.50. The van der Waals surface area contributed by atoms with E-state index in [9.17, 15) is 0 Å². The predicted molar refractivity (Wildman–Crippen MR) is 100 cm³/mol. The minimum absolute atomic E-state index is 0. The molecule has 0 bridgehead atoms. The van der Waals surface area contributed by atoms with E-state index < -0.39 is 0 Å². The van der Waals surface area contributed by atoms with Gasteiger partial charge in [0.25, 0.3) is 0 Å². The van der Waals surface area contributed by atoms with Crippen LogP contribution in [0.25, 0.3) is 0 Å². The SMILES string of the molecule is CCN1CCN(CCN=C(N)N2CCCC(C)C2)CC1.I. The number of hydrogen-bond acceptors (Lipinski definition) is 3. The molecule has 0 spiro atoms. The standard InChI is InChI=1S/C15H31N5.HI/c1-3-18-9-11-19(12-10-18)8-6-17-15(16)20-7-4-5-14(2)13-20;/h14H,3-13H2,1-2H3,(H2,16,17);1H. The molecule has 2 aliphatic heterocycles. The van der Waals surface area contributed by atoms with Gasteiger partial charge in [-0.15, -0.1) is 24.0 Å². The molecule has 2 N–H and O–H groups in total. The Kier molecular flexibility index (Phi) is 8.89. The van der Waals surface area contributed by atoms with E-state index in [1.165, 1.54) is 45.6 Å². The minimum Gasteiger partial charge on any atom is -0.370 e. The first-order chi connectivity index (χ1) is 9.69. The fourth-order valence-corrected chi connectivity index (χ4v) is 3.13. The molecule has 2 fully saturated rings. The second-order valence-electron chi connectivity index (χ2n) is 6.21. The van der Waals surface area contributed by atoms with E-state index in [2.05, 4.69) is 33.5 Å². The number of guanidine groups is 1. The van der Waals surface area contributed by atoms with Crippen LogP contribution in [-0.2, 0) is 0 Å². The number of likely N-dealkylation sites (N-methyl/N-ethyl adjacent to an activating group) is 1. The zero-order chi connectivity index (χ0) is 14.4. The van der Waals surface area contributed by atoms with Crippen molar-refractivity contribution in [2.45, 2.75) is 26.7 Å². The van der Waals surface area contributed by atoms with Gasteiger partial charge in [-0.2, -0.15) is 0 Å². The molecule has 2 rings (SSSR count). The Labute approximate surface area is 146 Å². The zero-order valence-corrected chi connectivity index (χ0v) is 16.0. The van der Waals surface area contributed by atoms with Crippen LogP contribution in [0.5, 0.6) is 0 Å². The summed E-state index contributed by atoms with van der Waals surface area (Å²) in [5, 5.41) is 0. The number of nitrogens with zero attached hydrogens (tertiary/aromatic N) is 4. The van der Waals surface area contributed by atoms with Crippen LogP contribution in [0.15, 0.2) is 4.99 Å². The molecule has 5 nitrogen and oxygen atoms in total. The predicted octanol–water partition coefficient (Wildman–Crippen LogP) is 1.29. The number of piperidine rings is 1. The van der Waals surface area contributed by atoms with Crippen molar-refractivity contribution in [1.82, 2.24) is 14.7 Å². The lowest BCUT2D eigenvalue weighted by Gasteiger charge is -2.34. The van der Waals surface area contributed by atoms with Gasteiger partial charge in [0.15, 0.2) is 5.96 Å². The van der Waals surface area contributed by atoms with Gasteiger partial charge < -0.3 is 15.5 Å². The molecular formula is C15H32IN5. The molecule has 2 heterocycles. The normalized spacial score (nSPS) is 25.7. The Bertz CT molecular complexity index is 315. The topological polar surface area (TPSA) is 48.1 Å². The van der Waals surface area contributed by atoms with E-state index in [1.54, 1.807) is 0 Å². The maximum Gasteiger partial charge on any atom is 0.191 e. The lowest BCUT2D eigenvalue weighted by Crippen LogP contribution is -2.47. The van der Waals surface area contributed by atoms with Crippen LogP contribution < -0.4 is 5.73 Å². The van der Waals surface area contributed by atoms with E-state index >= 15 is 0 Å². The van der Waals surface area contributed by atoms with Crippen molar-refractivity contribution in [2.75, 3.05) is 58.9 Å². The fourth-order valence-electron chi connectivity index (χ4n) is 3.13. The number of nitrogens with two attached hydrogens (primary N) is 1. The number of hydrogen-bond donors (Lipinski definition) is 1.